The fourth-order valence-corrected chi connectivity index (χ4v) is 1.87. The predicted molar refractivity (Wildman–Crippen MR) is 67.6 cm³/mol. The topological polar surface area (TPSA) is 18.5 Å². The summed E-state index contributed by atoms with van der Waals surface area (Å²) in [6, 6.07) is 0. The van der Waals surface area contributed by atoms with E-state index in [0.717, 1.165) is 26.1 Å². The van der Waals surface area contributed by atoms with Crippen molar-refractivity contribution in [1.82, 2.24) is 0 Å². The van der Waals surface area contributed by atoms with E-state index in [-0.39, 0.29) is 11.7 Å². The summed E-state index contributed by atoms with van der Waals surface area (Å²) in [4.78, 5) is 0. The lowest BCUT2D eigenvalue weighted by Crippen LogP contribution is -2.22. The Bertz CT molecular complexity index is 264. The van der Waals surface area contributed by atoms with Gasteiger partial charge in [0, 0.05) is 6.61 Å². The van der Waals surface area contributed by atoms with E-state index >= 15 is 0 Å². The Morgan fingerprint density at radius 3 is 3.00 bits per heavy atom. The summed E-state index contributed by atoms with van der Waals surface area (Å²) in [5, 5.41) is 0. The molecule has 92 valence electrons. The van der Waals surface area contributed by atoms with E-state index < -0.39 is 0 Å². The predicted octanol–water partition coefficient (Wildman–Crippen LogP) is 3.48. The molecule has 0 fully saturated rings. The van der Waals surface area contributed by atoms with Gasteiger partial charge in [0.25, 0.3) is 0 Å². The molecular formula is C14H24O2. The van der Waals surface area contributed by atoms with Crippen LogP contribution in [-0.2, 0) is 9.47 Å². The molecule has 0 saturated carbocycles. The third-order valence-corrected chi connectivity index (χ3v) is 2.69. The highest BCUT2D eigenvalue weighted by molar-refractivity contribution is 5.08. The minimum Gasteiger partial charge on any atom is -0.374 e. The van der Waals surface area contributed by atoms with Gasteiger partial charge in [0.05, 0.1) is 18.3 Å². The van der Waals surface area contributed by atoms with E-state index in [0.29, 0.717) is 0 Å². The third kappa shape index (κ3) is 4.95. The first kappa shape index (κ1) is 13.5. The van der Waals surface area contributed by atoms with Crippen LogP contribution in [0.25, 0.3) is 0 Å². The van der Waals surface area contributed by atoms with Crippen molar-refractivity contribution < 1.29 is 9.47 Å². The average Bonchev–Trinajstić information content (AvgIpc) is 2.40. The normalized spacial score (nSPS) is 23.2. The summed E-state index contributed by atoms with van der Waals surface area (Å²) in [6.45, 7) is 9.90. The molecule has 1 unspecified atom stereocenters. The van der Waals surface area contributed by atoms with Crippen LogP contribution in [0.5, 0.6) is 0 Å². The molecule has 0 aliphatic carbocycles. The van der Waals surface area contributed by atoms with Crippen LogP contribution in [-0.4, -0.2) is 24.9 Å². The summed E-state index contributed by atoms with van der Waals surface area (Å²) in [7, 11) is 0. The molecule has 0 aromatic carbocycles. The van der Waals surface area contributed by atoms with Crippen molar-refractivity contribution >= 4 is 0 Å². The van der Waals surface area contributed by atoms with Gasteiger partial charge in [0.15, 0.2) is 0 Å². The molecule has 1 rings (SSSR count). The highest BCUT2D eigenvalue weighted by atomic mass is 16.5. The fourth-order valence-electron chi connectivity index (χ4n) is 1.87. The molecule has 1 aliphatic heterocycles. The summed E-state index contributed by atoms with van der Waals surface area (Å²) in [5.41, 5.74) is 1.23. The van der Waals surface area contributed by atoms with Crippen molar-refractivity contribution in [3.63, 3.8) is 0 Å². The maximum absolute atomic E-state index is 5.75. The molecule has 0 aromatic heterocycles. The lowest BCUT2D eigenvalue weighted by Gasteiger charge is -2.21. The maximum atomic E-state index is 5.75. The quantitative estimate of drug-likeness (QED) is 0.681. The summed E-state index contributed by atoms with van der Waals surface area (Å²) < 4.78 is 11.4. The highest BCUT2D eigenvalue weighted by Crippen LogP contribution is 2.17. The number of ether oxygens (including phenoxy) is 2. The maximum Gasteiger partial charge on any atom is 0.0807 e. The van der Waals surface area contributed by atoms with Gasteiger partial charge < -0.3 is 9.47 Å². The Hall–Kier alpha value is -0.600. The number of hydrogen-bond donors (Lipinski definition) is 0. The van der Waals surface area contributed by atoms with Crippen molar-refractivity contribution in [2.24, 2.45) is 0 Å². The van der Waals surface area contributed by atoms with E-state index in [1.807, 2.05) is 6.92 Å². The molecule has 1 heterocycles. The van der Waals surface area contributed by atoms with Crippen LogP contribution in [0.4, 0.5) is 0 Å². The molecule has 2 heteroatoms. The van der Waals surface area contributed by atoms with Gasteiger partial charge in [-0.1, -0.05) is 23.8 Å². The Morgan fingerprint density at radius 1 is 1.56 bits per heavy atom. The van der Waals surface area contributed by atoms with Crippen LogP contribution in [0, 0.1) is 0 Å². The molecule has 0 N–H and O–H groups in total. The molecule has 0 bridgehead atoms. The molecule has 0 spiro atoms. The molecule has 1 atom stereocenters. The van der Waals surface area contributed by atoms with Gasteiger partial charge >= 0.3 is 0 Å². The molecule has 0 amide bonds. The van der Waals surface area contributed by atoms with E-state index in [1.165, 1.54) is 5.57 Å². The zero-order chi connectivity index (χ0) is 12.0. The van der Waals surface area contributed by atoms with Crippen molar-refractivity contribution in [1.29, 1.82) is 0 Å². The van der Waals surface area contributed by atoms with Crippen molar-refractivity contribution in [3.05, 3.63) is 23.8 Å². The van der Waals surface area contributed by atoms with Crippen LogP contribution >= 0.6 is 0 Å². The van der Waals surface area contributed by atoms with Crippen LogP contribution in [0.15, 0.2) is 23.8 Å². The minimum absolute atomic E-state index is 0.192. The second-order valence-electron chi connectivity index (χ2n) is 4.85. The van der Waals surface area contributed by atoms with Crippen molar-refractivity contribution in [3.8, 4) is 0 Å². The Balaban J connectivity index is 2.52. The second-order valence-corrected chi connectivity index (χ2v) is 4.85. The molecule has 0 saturated heterocycles. The minimum atomic E-state index is -0.192. The first-order valence-electron chi connectivity index (χ1n) is 6.14. The van der Waals surface area contributed by atoms with E-state index in [2.05, 4.69) is 39.0 Å². The Labute approximate surface area is 99.3 Å². The van der Waals surface area contributed by atoms with Crippen LogP contribution in [0.1, 0.15) is 40.5 Å². The lowest BCUT2D eigenvalue weighted by molar-refractivity contribution is 0.0263. The van der Waals surface area contributed by atoms with E-state index in [1.54, 1.807) is 0 Å². The highest BCUT2D eigenvalue weighted by Gasteiger charge is 2.15. The zero-order valence-electron chi connectivity index (χ0n) is 11.0. The molecular weight excluding hydrogens is 200 g/mol. The van der Waals surface area contributed by atoms with Crippen LogP contribution < -0.4 is 0 Å². The van der Waals surface area contributed by atoms with Crippen LogP contribution in [0.3, 0.4) is 0 Å². The number of rotatable bonds is 4. The van der Waals surface area contributed by atoms with Gasteiger partial charge in [-0.15, -0.1) is 0 Å². The second kappa shape index (κ2) is 6.21. The molecule has 0 radical (unpaired) electrons. The summed E-state index contributed by atoms with van der Waals surface area (Å²) >= 11 is 0. The first-order valence-corrected chi connectivity index (χ1v) is 6.14. The fraction of sp³-hybridized carbons (Fsp3) is 0.714. The van der Waals surface area contributed by atoms with Gasteiger partial charge in [-0.25, -0.2) is 0 Å². The Morgan fingerprint density at radius 2 is 2.31 bits per heavy atom. The summed E-state index contributed by atoms with van der Waals surface area (Å²) in [6.07, 6.45) is 8.75. The Kier molecular flexibility index (Phi) is 5.23. The monoisotopic (exact) mass is 224 g/mol. The van der Waals surface area contributed by atoms with Crippen LogP contribution in [0.2, 0.25) is 0 Å². The van der Waals surface area contributed by atoms with Crippen molar-refractivity contribution in [2.45, 2.75) is 52.2 Å². The van der Waals surface area contributed by atoms with Gasteiger partial charge in [-0.05, 0) is 40.5 Å². The van der Waals surface area contributed by atoms with Gasteiger partial charge in [-0.3, -0.25) is 0 Å². The standard InChI is InChI=1S/C14H24O2/c1-5-16-14(3,4)9-8-13-11-12(2)7-6-10-15-13/h7-9,13H,5-6,10-11H2,1-4H3. The smallest absolute Gasteiger partial charge is 0.0807 e. The average molecular weight is 224 g/mol. The lowest BCUT2D eigenvalue weighted by atomic mass is 10.0. The van der Waals surface area contributed by atoms with Crippen molar-refractivity contribution in [2.75, 3.05) is 13.2 Å². The number of hydrogen-bond acceptors (Lipinski definition) is 2. The molecule has 1 aliphatic rings. The van der Waals surface area contributed by atoms with Gasteiger partial charge in [-0.2, -0.15) is 0 Å². The SMILES string of the molecule is CCOC(C)(C)C=CC1CC(C)=CCCO1. The molecule has 16 heavy (non-hydrogen) atoms. The van der Waals surface area contributed by atoms with Gasteiger partial charge in [0.2, 0.25) is 0 Å². The van der Waals surface area contributed by atoms with E-state index in [9.17, 15) is 0 Å². The molecule has 2 nitrogen and oxygen atoms in total. The first-order chi connectivity index (χ1) is 7.53. The summed E-state index contributed by atoms with van der Waals surface area (Å²) in [5.74, 6) is 0. The van der Waals surface area contributed by atoms with Gasteiger partial charge in [0.1, 0.15) is 0 Å². The third-order valence-electron chi connectivity index (χ3n) is 2.69. The zero-order valence-corrected chi connectivity index (χ0v) is 11.0. The largest absolute Gasteiger partial charge is 0.374 e. The van der Waals surface area contributed by atoms with E-state index in [4.69, 9.17) is 9.47 Å². The molecule has 0 aromatic rings.